The van der Waals surface area contributed by atoms with Crippen molar-refractivity contribution < 1.29 is 9.53 Å². The second kappa shape index (κ2) is 8.70. The van der Waals surface area contributed by atoms with Gasteiger partial charge in [0.25, 0.3) is 5.56 Å². The Bertz CT molecular complexity index is 1500. The Balaban J connectivity index is 1.36. The van der Waals surface area contributed by atoms with Crippen LogP contribution in [0.25, 0.3) is 10.9 Å². The SMILES string of the molecule is Cn1c2c(c(=O)n(Cc3ccccc3)c1=O)CN(C(=O)OCc1cc3ccccc3n1C)CC2. The standard InChI is InChI=1S/C26H26N4O4/c1-27-20(14-19-10-6-7-11-22(19)27)17-34-26(33)29-13-12-23-21(16-29)24(31)30(25(32)28(23)2)15-18-8-4-3-5-9-18/h3-11,14H,12-13,15-17H2,1-2H3. The van der Waals surface area contributed by atoms with Gasteiger partial charge in [0.05, 0.1) is 24.3 Å². The van der Waals surface area contributed by atoms with E-state index >= 15 is 0 Å². The van der Waals surface area contributed by atoms with Crippen molar-refractivity contribution in [3.8, 4) is 0 Å². The number of hydrogen-bond donors (Lipinski definition) is 0. The van der Waals surface area contributed by atoms with Crippen molar-refractivity contribution in [2.24, 2.45) is 14.1 Å². The Kier molecular flexibility index (Phi) is 5.57. The Morgan fingerprint density at radius 1 is 0.971 bits per heavy atom. The van der Waals surface area contributed by atoms with Crippen molar-refractivity contribution in [2.45, 2.75) is 26.1 Å². The fourth-order valence-corrected chi connectivity index (χ4v) is 4.63. The molecule has 1 aliphatic rings. The molecule has 0 bridgehead atoms. The number of ether oxygens (including phenoxy) is 1. The van der Waals surface area contributed by atoms with Crippen LogP contribution in [0.4, 0.5) is 4.79 Å². The number of amides is 1. The molecule has 2 aromatic carbocycles. The quantitative estimate of drug-likeness (QED) is 0.471. The average molecular weight is 459 g/mol. The average Bonchev–Trinajstić information content (AvgIpc) is 3.19. The molecule has 2 aromatic heterocycles. The molecule has 0 fully saturated rings. The van der Waals surface area contributed by atoms with Crippen LogP contribution in [0.2, 0.25) is 0 Å². The highest BCUT2D eigenvalue weighted by Crippen LogP contribution is 2.20. The first kappa shape index (κ1) is 21.8. The lowest BCUT2D eigenvalue weighted by molar-refractivity contribution is 0.0893. The maximum absolute atomic E-state index is 13.3. The summed E-state index contributed by atoms with van der Waals surface area (Å²) < 4.78 is 10.4. The summed E-state index contributed by atoms with van der Waals surface area (Å²) >= 11 is 0. The molecule has 4 aromatic rings. The van der Waals surface area contributed by atoms with E-state index in [-0.39, 0.29) is 30.9 Å². The minimum atomic E-state index is -0.473. The van der Waals surface area contributed by atoms with Crippen molar-refractivity contribution in [1.29, 1.82) is 0 Å². The molecule has 0 spiro atoms. The molecule has 0 atom stereocenters. The Morgan fingerprint density at radius 3 is 2.47 bits per heavy atom. The van der Waals surface area contributed by atoms with Gasteiger partial charge in [-0.3, -0.25) is 9.36 Å². The van der Waals surface area contributed by atoms with Crippen LogP contribution in [0, 0.1) is 0 Å². The fourth-order valence-electron chi connectivity index (χ4n) is 4.63. The van der Waals surface area contributed by atoms with Gasteiger partial charge in [0.1, 0.15) is 6.61 Å². The van der Waals surface area contributed by atoms with E-state index in [1.807, 2.05) is 72.3 Å². The third-order valence-electron chi connectivity index (χ3n) is 6.58. The second-order valence-corrected chi connectivity index (χ2v) is 8.62. The van der Waals surface area contributed by atoms with Crippen LogP contribution in [-0.2, 0) is 44.9 Å². The third-order valence-corrected chi connectivity index (χ3v) is 6.58. The predicted molar refractivity (Wildman–Crippen MR) is 129 cm³/mol. The molecule has 3 heterocycles. The molecule has 8 heteroatoms. The molecule has 174 valence electrons. The van der Waals surface area contributed by atoms with E-state index in [9.17, 15) is 14.4 Å². The van der Waals surface area contributed by atoms with Crippen molar-refractivity contribution in [3.63, 3.8) is 0 Å². The van der Waals surface area contributed by atoms with Crippen LogP contribution in [0.15, 0.2) is 70.3 Å². The van der Waals surface area contributed by atoms with Crippen LogP contribution in [0.1, 0.15) is 22.5 Å². The van der Waals surface area contributed by atoms with E-state index in [1.165, 1.54) is 14.0 Å². The summed E-state index contributed by atoms with van der Waals surface area (Å²) in [7, 11) is 3.62. The van der Waals surface area contributed by atoms with Crippen molar-refractivity contribution in [1.82, 2.24) is 18.6 Å². The van der Waals surface area contributed by atoms with Gasteiger partial charge in [-0.15, -0.1) is 0 Å². The van der Waals surface area contributed by atoms with Gasteiger partial charge in [-0.1, -0.05) is 48.5 Å². The molecule has 0 aliphatic carbocycles. The van der Waals surface area contributed by atoms with Gasteiger partial charge < -0.3 is 18.8 Å². The maximum Gasteiger partial charge on any atom is 0.410 e. The molecule has 1 amide bonds. The molecular weight excluding hydrogens is 432 g/mol. The number of rotatable bonds is 4. The highest BCUT2D eigenvalue weighted by Gasteiger charge is 2.28. The zero-order chi connectivity index (χ0) is 23.8. The van der Waals surface area contributed by atoms with E-state index in [2.05, 4.69) is 0 Å². The Morgan fingerprint density at radius 2 is 1.71 bits per heavy atom. The van der Waals surface area contributed by atoms with Gasteiger partial charge in [-0.2, -0.15) is 0 Å². The number of fused-ring (bicyclic) bond motifs is 2. The van der Waals surface area contributed by atoms with Crippen LogP contribution in [0.5, 0.6) is 0 Å². The zero-order valence-electron chi connectivity index (χ0n) is 19.2. The monoisotopic (exact) mass is 458 g/mol. The van der Waals surface area contributed by atoms with Crippen LogP contribution in [0.3, 0.4) is 0 Å². The molecule has 0 N–H and O–H groups in total. The van der Waals surface area contributed by atoms with E-state index in [4.69, 9.17) is 4.74 Å². The van der Waals surface area contributed by atoms with Crippen LogP contribution in [-0.4, -0.2) is 31.2 Å². The molecular formula is C26H26N4O4. The third kappa shape index (κ3) is 3.81. The topological polar surface area (TPSA) is 78.5 Å². The maximum atomic E-state index is 13.3. The number of carbonyl (C=O) groups excluding carboxylic acids is 1. The fraction of sp³-hybridized carbons (Fsp3) is 0.269. The Hall–Kier alpha value is -4.07. The second-order valence-electron chi connectivity index (χ2n) is 8.62. The molecule has 1 aliphatic heterocycles. The van der Waals surface area contributed by atoms with Gasteiger partial charge in [-0.25, -0.2) is 9.59 Å². The van der Waals surface area contributed by atoms with Crippen LogP contribution < -0.4 is 11.2 Å². The normalized spacial score (nSPS) is 13.2. The van der Waals surface area contributed by atoms with Gasteiger partial charge in [0.15, 0.2) is 0 Å². The van der Waals surface area contributed by atoms with Gasteiger partial charge in [0.2, 0.25) is 0 Å². The van der Waals surface area contributed by atoms with E-state index in [0.29, 0.717) is 24.2 Å². The molecule has 8 nitrogen and oxygen atoms in total. The summed E-state index contributed by atoms with van der Waals surface area (Å²) in [5.74, 6) is 0. The number of nitrogens with zero attached hydrogens (tertiary/aromatic N) is 4. The summed E-state index contributed by atoms with van der Waals surface area (Å²) in [4.78, 5) is 40.5. The summed E-state index contributed by atoms with van der Waals surface area (Å²) in [5, 5.41) is 1.09. The summed E-state index contributed by atoms with van der Waals surface area (Å²) in [6.07, 6.45) is -0.0511. The van der Waals surface area contributed by atoms with Crippen molar-refractivity contribution in [2.75, 3.05) is 6.54 Å². The van der Waals surface area contributed by atoms with E-state index in [0.717, 1.165) is 22.2 Å². The lowest BCUT2D eigenvalue weighted by atomic mass is 10.1. The molecule has 0 saturated carbocycles. The first-order valence-electron chi connectivity index (χ1n) is 11.2. The summed E-state index contributed by atoms with van der Waals surface area (Å²) in [5.41, 5.74) is 3.26. The summed E-state index contributed by atoms with van der Waals surface area (Å²) in [6, 6.07) is 19.4. The van der Waals surface area contributed by atoms with Gasteiger partial charge in [0, 0.05) is 38.3 Å². The van der Waals surface area contributed by atoms with Crippen molar-refractivity contribution in [3.05, 3.63) is 104 Å². The summed E-state index contributed by atoms with van der Waals surface area (Å²) in [6.45, 7) is 0.825. The number of carbonyl (C=O) groups is 1. The van der Waals surface area contributed by atoms with Crippen LogP contribution >= 0.6 is 0 Å². The number of para-hydroxylation sites is 1. The van der Waals surface area contributed by atoms with Gasteiger partial charge >= 0.3 is 11.8 Å². The number of aromatic nitrogens is 3. The molecule has 0 unspecified atom stereocenters. The first-order chi connectivity index (χ1) is 16.4. The number of aryl methyl sites for hydroxylation is 1. The smallest absolute Gasteiger partial charge is 0.410 e. The van der Waals surface area contributed by atoms with Crippen molar-refractivity contribution >= 4 is 17.0 Å². The first-order valence-corrected chi connectivity index (χ1v) is 11.2. The molecule has 0 radical (unpaired) electrons. The highest BCUT2D eigenvalue weighted by atomic mass is 16.6. The molecule has 5 rings (SSSR count). The lowest BCUT2D eigenvalue weighted by Crippen LogP contribution is -2.48. The van der Waals surface area contributed by atoms with E-state index < -0.39 is 6.09 Å². The Labute approximate surface area is 196 Å². The number of hydrogen-bond acceptors (Lipinski definition) is 4. The van der Waals surface area contributed by atoms with E-state index in [1.54, 1.807) is 7.05 Å². The minimum absolute atomic E-state index is 0.116. The highest BCUT2D eigenvalue weighted by molar-refractivity contribution is 5.81. The van der Waals surface area contributed by atoms with Gasteiger partial charge in [-0.05, 0) is 23.1 Å². The number of benzene rings is 2. The largest absolute Gasteiger partial charge is 0.443 e. The molecule has 0 saturated heterocycles. The lowest BCUT2D eigenvalue weighted by Gasteiger charge is -2.29. The zero-order valence-corrected chi connectivity index (χ0v) is 19.2. The minimum Gasteiger partial charge on any atom is -0.443 e. The molecule has 34 heavy (non-hydrogen) atoms. The predicted octanol–water partition coefficient (Wildman–Crippen LogP) is 2.78.